The second kappa shape index (κ2) is 8.97. The zero-order valence-corrected chi connectivity index (χ0v) is 11.6. The number of hydrogen-bond donors (Lipinski definition) is 1. The molecule has 1 atom stereocenters. The summed E-state index contributed by atoms with van der Waals surface area (Å²) in [6, 6.07) is 0.551. The monoisotopic (exact) mass is 231 g/mol. The van der Waals surface area contributed by atoms with Gasteiger partial charge in [0.25, 0.3) is 0 Å². The van der Waals surface area contributed by atoms with Gasteiger partial charge in [-0.2, -0.15) is 0 Å². The summed E-state index contributed by atoms with van der Waals surface area (Å²) < 4.78 is 10.9. The fraction of sp³-hybridized carbons (Fsp3) is 1.00. The van der Waals surface area contributed by atoms with E-state index >= 15 is 0 Å². The summed E-state index contributed by atoms with van der Waals surface area (Å²) in [6.45, 7) is 11.3. The molecule has 98 valence electrons. The van der Waals surface area contributed by atoms with Gasteiger partial charge in [0.1, 0.15) is 0 Å². The van der Waals surface area contributed by atoms with Crippen LogP contribution < -0.4 is 5.32 Å². The van der Waals surface area contributed by atoms with E-state index in [2.05, 4.69) is 33.0 Å². The Morgan fingerprint density at radius 2 is 1.94 bits per heavy atom. The highest BCUT2D eigenvalue weighted by atomic mass is 16.5. The number of rotatable bonds is 10. The molecule has 0 amide bonds. The molecule has 0 rings (SSSR count). The van der Waals surface area contributed by atoms with Gasteiger partial charge in [-0.1, -0.05) is 6.92 Å². The van der Waals surface area contributed by atoms with Crippen molar-refractivity contribution < 1.29 is 9.47 Å². The van der Waals surface area contributed by atoms with E-state index in [1.807, 2.05) is 0 Å². The third-order valence-electron chi connectivity index (χ3n) is 2.84. The largest absolute Gasteiger partial charge is 0.381 e. The molecular weight excluding hydrogens is 202 g/mol. The van der Waals surface area contributed by atoms with Gasteiger partial charge in [0.2, 0.25) is 0 Å². The zero-order valence-electron chi connectivity index (χ0n) is 11.6. The maximum Gasteiger partial charge on any atom is 0.0644 e. The summed E-state index contributed by atoms with van der Waals surface area (Å²) in [7, 11) is 1.75. The van der Waals surface area contributed by atoms with Crippen LogP contribution in [0, 0.1) is 0 Å². The van der Waals surface area contributed by atoms with E-state index in [-0.39, 0.29) is 5.60 Å². The first kappa shape index (κ1) is 15.9. The number of hydrogen-bond acceptors (Lipinski definition) is 3. The van der Waals surface area contributed by atoms with Crippen molar-refractivity contribution in [2.45, 2.75) is 58.6 Å². The van der Waals surface area contributed by atoms with Gasteiger partial charge in [-0.05, 0) is 46.6 Å². The van der Waals surface area contributed by atoms with Gasteiger partial charge < -0.3 is 14.8 Å². The molecule has 0 heterocycles. The minimum Gasteiger partial charge on any atom is -0.381 e. The summed E-state index contributed by atoms with van der Waals surface area (Å²) in [5.41, 5.74) is -0.0634. The molecule has 0 aliphatic rings. The van der Waals surface area contributed by atoms with Crippen LogP contribution in [0.1, 0.15) is 47.0 Å². The smallest absolute Gasteiger partial charge is 0.0644 e. The van der Waals surface area contributed by atoms with Crippen LogP contribution in [0.3, 0.4) is 0 Å². The van der Waals surface area contributed by atoms with Crippen molar-refractivity contribution in [2.75, 3.05) is 26.9 Å². The highest BCUT2D eigenvalue weighted by Crippen LogP contribution is 2.12. The molecule has 16 heavy (non-hydrogen) atoms. The van der Waals surface area contributed by atoms with Crippen molar-refractivity contribution in [3.05, 3.63) is 0 Å². The molecule has 1 N–H and O–H groups in total. The van der Waals surface area contributed by atoms with E-state index in [1.54, 1.807) is 7.11 Å². The van der Waals surface area contributed by atoms with Crippen molar-refractivity contribution in [1.82, 2.24) is 5.32 Å². The molecule has 0 aromatic carbocycles. The maximum absolute atomic E-state index is 5.60. The van der Waals surface area contributed by atoms with Crippen molar-refractivity contribution in [2.24, 2.45) is 0 Å². The lowest BCUT2D eigenvalue weighted by atomic mass is 10.1. The van der Waals surface area contributed by atoms with Crippen molar-refractivity contribution in [3.8, 4) is 0 Å². The lowest BCUT2D eigenvalue weighted by Gasteiger charge is -2.22. The SMILES string of the molecule is CCCNC(C)CCOCCC(C)(C)OC. The zero-order chi connectivity index (χ0) is 12.4. The lowest BCUT2D eigenvalue weighted by Crippen LogP contribution is -2.28. The maximum atomic E-state index is 5.60. The van der Waals surface area contributed by atoms with Crippen molar-refractivity contribution >= 4 is 0 Å². The van der Waals surface area contributed by atoms with Crippen LogP contribution in [0.5, 0.6) is 0 Å². The number of methoxy groups -OCH3 is 1. The molecule has 0 aromatic heterocycles. The van der Waals surface area contributed by atoms with Crippen molar-refractivity contribution in [1.29, 1.82) is 0 Å². The summed E-state index contributed by atoms with van der Waals surface area (Å²) in [5.74, 6) is 0. The molecule has 0 fully saturated rings. The van der Waals surface area contributed by atoms with E-state index in [1.165, 1.54) is 6.42 Å². The molecule has 0 radical (unpaired) electrons. The predicted octanol–water partition coefficient (Wildman–Crippen LogP) is 2.60. The van der Waals surface area contributed by atoms with Crippen LogP contribution in [0.25, 0.3) is 0 Å². The standard InChI is InChI=1S/C13H29NO2/c1-6-9-14-12(2)7-10-16-11-8-13(3,4)15-5/h12,14H,6-11H2,1-5H3. The minimum absolute atomic E-state index is 0.0634. The van der Waals surface area contributed by atoms with Gasteiger partial charge in [-0.15, -0.1) is 0 Å². The summed E-state index contributed by atoms with van der Waals surface area (Å²) in [4.78, 5) is 0. The fourth-order valence-electron chi connectivity index (χ4n) is 1.27. The first-order valence-corrected chi connectivity index (χ1v) is 6.38. The van der Waals surface area contributed by atoms with Gasteiger partial charge in [0.15, 0.2) is 0 Å². The number of nitrogens with one attached hydrogen (secondary N) is 1. The number of ether oxygens (including phenoxy) is 2. The van der Waals surface area contributed by atoms with E-state index < -0.39 is 0 Å². The topological polar surface area (TPSA) is 30.5 Å². The van der Waals surface area contributed by atoms with Crippen LogP contribution in [-0.4, -0.2) is 38.5 Å². The van der Waals surface area contributed by atoms with Gasteiger partial charge >= 0.3 is 0 Å². The van der Waals surface area contributed by atoms with E-state index in [0.717, 1.165) is 32.6 Å². The Balaban J connectivity index is 3.33. The Hall–Kier alpha value is -0.120. The summed E-state index contributed by atoms with van der Waals surface area (Å²) >= 11 is 0. The van der Waals surface area contributed by atoms with Gasteiger partial charge in [0.05, 0.1) is 5.60 Å². The predicted molar refractivity (Wildman–Crippen MR) is 68.9 cm³/mol. The molecule has 3 heteroatoms. The average Bonchev–Trinajstić information content (AvgIpc) is 2.25. The summed E-state index contributed by atoms with van der Waals surface area (Å²) in [6.07, 6.45) is 3.21. The van der Waals surface area contributed by atoms with Gasteiger partial charge in [-0.3, -0.25) is 0 Å². The van der Waals surface area contributed by atoms with Crippen molar-refractivity contribution in [3.63, 3.8) is 0 Å². The molecule has 0 aromatic rings. The van der Waals surface area contributed by atoms with Gasteiger partial charge in [0, 0.05) is 26.4 Å². The Bertz CT molecular complexity index is 160. The first-order valence-electron chi connectivity index (χ1n) is 6.38. The second-order valence-corrected chi connectivity index (χ2v) is 4.97. The van der Waals surface area contributed by atoms with Crippen LogP contribution in [0.15, 0.2) is 0 Å². The first-order chi connectivity index (χ1) is 7.52. The molecule has 0 saturated carbocycles. The average molecular weight is 231 g/mol. The molecular formula is C13H29NO2. The van der Waals surface area contributed by atoms with E-state index in [9.17, 15) is 0 Å². The summed E-state index contributed by atoms with van der Waals surface area (Å²) in [5, 5.41) is 3.45. The molecule has 0 saturated heterocycles. The van der Waals surface area contributed by atoms with E-state index in [0.29, 0.717) is 6.04 Å². The molecule has 1 unspecified atom stereocenters. The van der Waals surface area contributed by atoms with E-state index in [4.69, 9.17) is 9.47 Å². The Labute approximate surface area is 101 Å². The third-order valence-corrected chi connectivity index (χ3v) is 2.84. The van der Waals surface area contributed by atoms with Crippen LogP contribution >= 0.6 is 0 Å². The molecule has 3 nitrogen and oxygen atoms in total. The lowest BCUT2D eigenvalue weighted by molar-refractivity contribution is -0.0105. The molecule has 0 aliphatic carbocycles. The molecule has 0 bridgehead atoms. The quantitative estimate of drug-likeness (QED) is 0.586. The minimum atomic E-state index is -0.0634. The molecule has 0 aliphatic heterocycles. The van der Waals surface area contributed by atoms with Crippen LogP contribution in [0.4, 0.5) is 0 Å². The Kier molecular flexibility index (Phi) is 8.90. The van der Waals surface area contributed by atoms with Crippen LogP contribution in [-0.2, 0) is 9.47 Å². The highest BCUT2D eigenvalue weighted by Gasteiger charge is 2.15. The highest BCUT2D eigenvalue weighted by molar-refractivity contribution is 4.66. The normalized spacial score (nSPS) is 14.1. The van der Waals surface area contributed by atoms with Gasteiger partial charge in [-0.25, -0.2) is 0 Å². The third kappa shape index (κ3) is 9.13. The Morgan fingerprint density at radius 3 is 2.50 bits per heavy atom. The van der Waals surface area contributed by atoms with Crippen LogP contribution in [0.2, 0.25) is 0 Å². The molecule has 0 spiro atoms. The second-order valence-electron chi connectivity index (χ2n) is 4.97. The Morgan fingerprint density at radius 1 is 1.25 bits per heavy atom. The fourth-order valence-corrected chi connectivity index (χ4v) is 1.27.